The Labute approximate surface area is 638 Å². The van der Waals surface area contributed by atoms with E-state index in [4.69, 9.17) is 37.0 Å². The summed E-state index contributed by atoms with van der Waals surface area (Å²) in [5.74, 6) is -0.664. The lowest BCUT2D eigenvalue weighted by Crippen LogP contribution is -2.30. The fraction of sp³-hybridized carbons (Fsp3) is 0.953. The largest absolute Gasteiger partial charge is 0.472 e. The molecule has 0 fully saturated rings. The van der Waals surface area contributed by atoms with E-state index in [1.165, 1.54) is 270 Å². The maximum Gasteiger partial charge on any atom is 0.472 e. The Bertz CT molecular complexity index is 1990. The van der Waals surface area contributed by atoms with Gasteiger partial charge in [0.05, 0.1) is 26.4 Å². The molecular formula is C85H166O17P2. The lowest BCUT2D eigenvalue weighted by molar-refractivity contribution is -0.161. The van der Waals surface area contributed by atoms with Crippen molar-refractivity contribution < 1.29 is 80.2 Å². The van der Waals surface area contributed by atoms with Crippen molar-refractivity contribution in [1.29, 1.82) is 0 Å². The molecule has 17 nitrogen and oxygen atoms in total. The summed E-state index contributed by atoms with van der Waals surface area (Å²) >= 11 is 0. The number of hydrogen-bond acceptors (Lipinski definition) is 15. The van der Waals surface area contributed by atoms with E-state index in [1.807, 2.05) is 0 Å². The van der Waals surface area contributed by atoms with Crippen molar-refractivity contribution in [2.75, 3.05) is 39.6 Å². The Morgan fingerprint density at radius 3 is 0.654 bits per heavy atom. The second kappa shape index (κ2) is 76.4. The molecule has 0 aromatic carbocycles. The first-order chi connectivity index (χ1) is 50.4. The van der Waals surface area contributed by atoms with Gasteiger partial charge < -0.3 is 33.8 Å². The number of phosphoric acid groups is 2. The molecule has 3 N–H and O–H groups in total. The van der Waals surface area contributed by atoms with E-state index in [0.717, 1.165) is 102 Å². The highest BCUT2D eigenvalue weighted by atomic mass is 31.2. The molecular weight excluding hydrogens is 1350 g/mol. The Balaban J connectivity index is 5.19. The molecule has 2 unspecified atom stereocenters. The predicted molar refractivity (Wildman–Crippen MR) is 428 cm³/mol. The van der Waals surface area contributed by atoms with Crippen LogP contribution >= 0.6 is 15.6 Å². The molecule has 0 heterocycles. The highest BCUT2D eigenvalue weighted by molar-refractivity contribution is 7.47. The zero-order valence-electron chi connectivity index (χ0n) is 68.3. The molecule has 0 aliphatic carbocycles. The van der Waals surface area contributed by atoms with Crippen LogP contribution < -0.4 is 0 Å². The first-order valence-electron chi connectivity index (χ1n) is 44.0. The van der Waals surface area contributed by atoms with Gasteiger partial charge in [0.25, 0.3) is 0 Å². The van der Waals surface area contributed by atoms with E-state index in [-0.39, 0.29) is 25.7 Å². The average Bonchev–Trinajstić information content (AvgIpc) is 0.906. The highest BCUT2D eigenvalue weighted by Gasteiger charge is 2.30. The van der Waals surface area contributed by atoms with Crippen LogP contribution in [0, 0.1) is 11.8 Å². The van der Waals surface area contributed by atoms with Crippen molar-refractivity contribution in [1.82, 2.24) is 0 Å². The van der Waals surface area contributed by atoms with Crippen LogP contribution in [0.15, 0.2) is 0 Å². The summed E-state index contributed by atoms with van der Waals surface area (Å²) in [5, 5.41) is 10.7. The minimum absolute atomic E-state index is 0.104. The van der Waals surface area contributed by atoms with Gasteiger partial charge >= 0.3 is 39.5 Å². The summed E-state index contributed by atoms with van der Waals surface area (Å²) in [7, 11) is -9.92. The fourth-order valence-electron chi connectivity index (χ4n) is 13.2. The van der Waals surface area contributed by atoms with Gasteiger partial charge in [0.1, 0.15) is 19.3 Å². The Morgan fingerprint density at radius 2 is 0.442 bits per heavy atom. The smallest absolute Gasteiger partial charge is 0.462 e. The van der Waals surface area contributed by atoms with Crippen LogP contribution in [0.4, 0.5) is 0 Å². The quantitative estimate of drug-likeness (QED) is 0.0222. The van der Waals surface area contributed by atoms with Crippen LogP contribution in [0.5, 0.6) is 0 Å². The Kier molecular flexibility index (Phi) is 75.0. The third-order valence-electron chi connectivity index (χ3n) is 20.0. The third-order valence-corrected chi connectivity index (χ3v) is 21.9. The van der Waals surface area contributed by atoms with E-state index < -0.39 is 97.5 Å². The third kappa shape index (κ3) is 78.2. The summed E-state index contributed by atoms with van der Waals surface area (Å²) in [5.41, 5.74) is 0. The zero-order valence-corrected chi connectivity index (χ0v) is 70.1. The van der Waals surface area contributed by atoms with Gasteiger partial charge in [-0.25, -0.2) is 9.13 Å². The summed E-state index contributed by atoms with van der Waals surface area (Å²) < 4.78 is 68.8. The number of unbranched alkanes of at least 4 members (excludes halogenated alkanes) is 54. The van der Waals surface area contributed by atoms with Crippen molar-refractivity contribution in [2.45, 2.75) is 471 Å². The topological polar surface area (TPSA) is 237 Å². The van der Waals surface area contributed by atoms with Crippen molar-refractivity contribution >= 4 is 39.5 Å². The molecule has 0 aliphatic rings. The number of carbonyl (C=O) groups excluding carboxylic acids is 4. The predicted octanol–water partition coefficient (Wildman–Crippen LogP) is 25.8. The summed E-state index contributed by atoms with van der Waals surface area (Å²) in [6, 6.07) is 0. The fourth-order valence-corrected chi connectivity index (χ4v) is 14.8. The molecule has 0 spiro atoms. The molecule has 0 amide bonds. The number of hydrogen-bond donors (Lipinski definition) is 3. The van der Waals surface area contributed by atoms with Gasteiger partial charge in [-0.1, -0.05) is 401 Å². The molecule has 0 aromatic rings. The normalized spacial score (nSPS) is 13.8. The van der Waals surface area contributed by atoms with Gasteiger partial charge in [-0.15, -0.1) is 0 Å². The van der Waals surface area contributed by atoms with Crippen LogP contribution in [0.1, 0.15) is 452 Å². The van der Waals surface area contributed by atoms with Crippen molar-refractivity contribution in [3.8, 4) is 0 Å². The molecule has 0 saturated heterocycles. The lowest BCUT2D eigenvalue weighted by Gasteiger charge is -2.21. The first kappa shape index (κ1) is 102. The van der Waals surface area contributed by atoms with Gasteiger partial charge in [-0.05, 0) is 37.5 Å². The molecule has 104 heavy (non-hydrogen) atoms. The Morgan fingerprint density at radius 1 is 0.260 bits per heavy atom. The van der Waals surface area contributed by atoms with Gasteiger partial charge in [-0.2, -0.15) is 0 Å². The molecule has 19 heteroatoms. The van der Waals surface area contributed by atoms with E-state index in [0.29, 0.717) is 25.7 Å². The maximum atomic E-state index is 13.1. The van der Waals surface area contributed by atoms with Crippen molar-refractivity contribution in [3.63, 3.8) is 0 Å². The van der Waals surface area contributed by atoms with Crippen LogP contribution in [0.3, 0.4) is 0 Å². The van der Waals surface area contributed by atoms with Crippen LogP contribution in [0.2, 0.25) is 0 Å². The van der Waals surface area contributed by atoms with E-state index >= 15 is 0 Å². The molecule has 5 atom stereocenters. The van der Waals surface area contributed by atoms with E-state index in [9.17, 15) is 43.2 Å². The maximum absolute atomic E-state index is 13.1. The summed E-state index contributed by atoms with van der Waals surface area (Å²) in [6.07, 6.45) is 68.4. The minimum Gasteiger partial charge on any atom is -0.462 e. The monoisotopic (exact) mass is 1520 g/mol. The molecule has 0 bridgehead atoms. The number of aliphatic hydroxyl groups is 1. The molecule has 0 aromatic heterocycles. The van der Waals surface area contributed by atoms with Crippen LogP contribution in [0.25, 0.3) is 0 Å². The van der Waals surface area contributed by atoms with Crippen LogP contribution in [-0.4, -0.2) is 96.7 Å². The highest BCUT2D eigenvalue weighted by Crippen LogP contribution is 2.45. The summed E-state index contributed by atoms with van der Waals surface area (Å²) in [6.45, 7) is 9.57. The number of aliphatic hydroxyl groups excluding tert-OH is 1. The van der Waals surface area contributed by atoms with Crippen LogP contribution in [-0.2, 0) is 65.4 Å². The Hall–Kier alpha value is -1.94. The molecule has 0 rings (SSSR count). The lowest BCUT2D eigenvalue weighted by atomic mass is 10.0. The number of phosphoric ester groups is 2. The number of esters is 4. The van der Waals surface area contributed by atoms with Gasteiger partial charge in [-0.3, -0.25) is 37.3 Å². The van der Waals surface area contributed by atoms with E-state index in [2.05, 4.69) is 41.5 Å². The molecule has 0 saturated carbocycles. The standard InChI is InChI=1S/C85H166O17P2/c1-7-9-11-13-15-17-19-21-23-25-27-29-31-33-35-37-39-41-49-55-61-67-82(87)95-73-80(101-84(89)69-63-57-51-42-40-38-36-34-32-30-28-26-24-22-20-18-16-14-12-10-8-2)75-99-103(91,92)97-71-79(86)72-98-104(93,94)100-76-81(102-85(90)70-64-58-52-46-44-48-54-60-66-78(5)6)74-96-83(88)68-62-56-50-45-43-47-53-59-65-77(3)4/h77-81,86H,7-76H2,1-6H3,(H,91,92)(H,93,94)/t79-,80-,81-/m1/s1. The molecule has 618 valence electrons. The first-order valence-corrected chi connectivity index (χ1v) is 47.0. The summed E-state index contributed by atoms with van der Waals surface area (Å²) in [4.78, 5) is 73.1. The van der Waals surface area contributed by atoms with Gasteiger partial charge in [0, 0.05) is 25.7 Å². The SMILES string of the molecule is CCCCCCCCCCCCCCCCCCCCCCCC(=O)OC[C@H](COP(=O)(O)OC[C@@H](O)COP(=O)(O)OC[C@@H](COC(=O)CCCCCCCCCCC(C)C)OC(=O)CCCCCCCCCCC(C)C)OC(=O)CCCCCCCCCCCCCCCCCCCCCCC. The average molecular weight is 1520 g/mol. The number of ether oxygens (including phenoxy) is 4. The van der Waals surface area contributed by atoms with Crippen molar-refractivity contribution in [2.24, 2.45) is 11.8 Å². The zero-order chi connectivity index (χ0) is 76.4. The van der Waals surface area contributed by atoms with Gasteiger partial charge in [0.2, 0.25) is 0 Å². The van der Waals surface area contributed by atoms with Crippen molar-refractivity contribution in [3.05, 3.63) is 0 Å². The molecule has 0 radical (unpaired) electrons. The second-order valence-corrected chi connectivity index (χ2v) is 34.4. The minimum atomic E-state index is -4.96. The number of rotatable bonds is 84. The van der Waals surface area contributed by atoms with E-state index in [1.54, 1.807) is 0 Å². The number of carbonyl (C=O) groups is 4. The van der Waals surface area contributed by atoms with Gasteiger partial charge in [0.15, 0.2) is 12.2 Å². The second-order valence-electron chi connectivity index (χ2n) is 31.5. The molecule has 0 aliphatic heterocycles.